The van der Waals surface area contributed by atoms with Gasteiger partial charge in [0, 0.05) is 18.7 Å². The molecule has 0 bridgehead atoms. The number of urea groups is 1. The Hall–Kier alpha value is -3.09. The summed E-state index contributed by atoms with van der Waals surface area (Å²) < 4.78 is 18.5. The van der Waals surface area contributed by atoms with Crippen LogP contribution >= 0.6 is 0 Å². The number of ether oxygens (including phenoxy) is 1. The Morgan fingerprint density at radius 3 is 2.21 bits per heavy atom. The summed E-state index contributed by atoms with van der Waals surface area (Å²) in [6.45, 7) is 7.38. The lowest BCUT2D eigenvalue weighted by Gasteiger charge is -2.32. The topological polar surface area (TPSA) is 79.5 Å². The molecule has 0 radical (unpaired) electrons. The molecule has 0 aliphatic carbocycles. The maximum atomic E-state index is 13.2. The predicted molar refractivity (Wildman–Crippen MR) is 108 cm³/mol. The Balaban J connectivity index is 2.16. The van der Waals surface area contributed by atoms with Gasteiger partial charge < -0.3 is 20.7 Å². The number of benzene rings is 2. The first-order chi connectivity index (χ1) is 13.1. The van der Waals surface area contributed by atoms with E-state index in [9.17, 15) is 14.0 Å². The molecule has 1 unspecified atom stereocenters. The van der Waals surface area contributed by atoms with Gasteiger partial charge in [0.1, 0.15) is 11.6 Å². The van der Waals surface area contributed by atoms with Gasteiger partial charge >= 0.3 is 6.03 Å². The second kappa shape index (κ2) is 8.73. The summed E-state index contributed by atoms with van der Waals surface area (Å²) in [6.07, 6.45) is 0. The number of methoxy groups -OCH3 is 1. The molecular weight excluding hydrogens is 361 g/mol. The SMILES string of the molecule is COc1cc(NC(=O)NC(c2ccc(F)cc2)C(C)(C)C)ccc1NC(C)=O. The zero-order valence-electron chi connectivity index (χ0n) is 16.7. The molecule has 0 fully saturated rings. The Bertz CT molecular complexity index is 845. The third kappa shape index (κ3) is 5.70. The molecule has 0 aliphatic heterocycles. The van der Waals surface area contributed by atoms with E-state index >= 15 is 0 Å². The number of amides is 3. The van der Waals surface area contributed by atoms with Gasteiger partial charge in [-0.15, -0.1) is 0 Å². The number of carbonyl (C=O) groups excluding carboxylic acids is 2. The standard InChI is InChI=1S/C21H26FN3O3/c1-13(26)23-17-11-10-16(12-18(17)28-5)24-20(27)25-19(21(2,3)4)14-6-8-15(22)9-7-14/h6-12,19H,1-5H3,(H,23,26)(H2,24,25,27). The third-order valence-corrected chi connectivity index (χ3v) is 4.11. The largest absolute Gasteiger partial charge is 0.494 e. The number of nitrogens with one attached hydrogen (secondary N) is 3. The van der Waals surface area contributed by atoms with Crippen molar-refractivity contribution in [3.05, 3.63) is 53.8 Å². The molecule has 3 amide bonds. The van der Waals surface area contributed by atoms with Gasteiger partial charge in [-0.2, -0.15) is 0 Å². The van der Waals surface area contributed by atoms with Gasteiger partial charge in [0.05, 0.1) is 18.8 Å². The van der Waals surface area contributed by atoms with E-state index in [2.05, 4.69) is 16.0 Å². The molecule has 1 atom stereocenters. The predicted octanol–water partition coefficient (Wildman–Crippen LogP) is 4.70. The van der Waals surface area contributed by atoms with Crippen LogP contribution in [0.3, 0.4) is 0 Å². The van der Waals surface area contributed by atoms with E-state index in [0.29, 0.717) is 17.1 Å². The van der Waals surface area contributed by atoms with Crippen LogP contribution in [0.1, 0.15) is 39.3 Å². The van der Waals surface area contributed by atoms with Crippen LogP contribution in [0.2, 0.25) is 0 Å². The van der Waals surface area contributed by atoms with E-state index in [4.69, 9.17) is 4.74 Å². The molecule has 2 aromatic rings. The number of hydrogen-bond acceptors (Lipinski definition) is 3. The Morgan fingerprint density at radius 1 is 1.04 bits per heavy atom. The quantitative estimate of drug-likeness (QED) is 0.696. The number of halogens is 1. The number of carbonyl (C=O) groups is 2. The highest BCUT2D eigenvalue weighted by atomic mass is 19.1. The fraction of sp³-hybridized carbons (Fsp3) is 0.333. The van der Waals surface area contributed by atoms with Gasteiger partial charge in [-0.3, -0.25) is 4.79 Å². The van der Waals surface area contributed by atoms with Crippen molar-refractivity contribution in [1.82, 2.24) is 5.32 Å². The van der Waals surface area contributed by atoms with Gasteiger partial charge in [-0.1, -0.05) is 32.9 Å². The number of rotatable bonds is 5. The first-order valence-electron chi connectivity index (χ1n) is 8.89. The zero-order chi connectivity index (χ0) is 20.9. The summed E-state index contributed by atoms with van der Waals surface area (Å²) in [5, 5.41) is 8.37. The average Bonchev–Trinajstić information content (AvgIpc) is 2.60. The molecule has 2 aromatic carbocycles. The van der Waals surface area contributed by atoms with Crippen LogP contribution in [0.5, 0.6) is 5.75 Å². The smallest absolute Gasteiger partial charge is 0.319 e. The lowest BCUT2D eigenvalue weighted by atomic mass is 9.82. The summed E-state index contributed by atoms with van der Waals surface area (Å²) in [6, 6.07) is 10.3. The van der Waals surface area contributed by atoms with Gasteiger partial charge in [-0.05, 0) is 35.2 Å². The maximum absolute atomic E-state index is 13.2. The summed E-state index contributed by atoms with van der Waals surface area (Å²) in [5.41, 5.74) is 1.54. The molecule has 0 heterocycles. The summed E-state index contributed by atoms with van der Waals surface area (Å²) in [7, 11) is 1.48. The highest BCUT2D eigenvalue weighted by Crippen LogP contribution is 2.33. The summed E-state index contributed by atoms with van der Waals surface area (Å²) in [4.78, 5) is 23.8. The number of hydrogen-bond donors (Lipinski definition) is 3. The molecule has 0 aromatic heterocycles. The molecule has 7 heteroatoms. The van der Waals surface area contributed by atoms with Crippen molar-refractivity contribution in [2.45, 2.75) is 33.7 Å². The minimum absolute atomic E-state index is 0.218. The van der Waals surface area contributed by atoms with E-state index in [1.54, 1.807) is 30.3 Å². The van der Waals surface area contributed by atoms with Crippen LogP contribution in [0, 0.1) is 11.2 Å². The van der Waals surface area contributed by atoms with Gasteiger partial charge in [0.25, 0.3) is 0 Å². The van der Waals surface area contributed by atoms with Crippen molar-refractivity contribution in [2.75, 3.05) is 17.7 Å². The lowest BCUT2D eigenvalue weighted by molar-refractivity contribution is -0.114. The van der Waals surface area contributed by atoms with Crippen LogP contribution in [0.15, 0.2) is 42.5 Å². The Labute approximate surface area is 164 Å². The molecular formula is C21H26FN3O3. The molecule has 2 rings (SSSR count). The average molecular weight is 387 g/mol. The first kappa shape index (κ1) is 21.2. The van der Waals surface area contributed by atoms with E-state index in [1.165, 1.54) is 26.2 Å². The van der Waals surface area contributed by atoms with Crippen molar-refractivity contribution in [3.63, 3.8) is 0 Å². The fourth-order valence-corrected chi connectivity index (χ4v) is 2.82. The van der Waals surface area contributed by atoms with Gasteiger partial charge in [0.15, 0.2) is 0 Å². The summed E-state index contributed by atoms with van der Waals surface area (Å²) in [5.74, 6) is -0.116. The molecule has 0 aliphatic rings. The fourth-order valence-electron chi connectivity index (χ4n) is 2.82. The maximum Gasteiger partial charge on any atom is 0.319 e. The van der Waals surface area contributed by atoms with Crippen molar-refractivity contribution in [2.24, 2.45) is 5.41 Å². The third-order valence-electron chi connectivity index (χ3n) is 4.11. The van der Waals surface area contributed by atoms with E-state index in [1.807, 2.05) is 20.8 Å². The second-order valence-corrected chi connectivity index (χ2v) is 7.55. The monoisotopic (exact) mass is 387 g/mol. The van der Waals surface area contributed by atoms with Crippen LogP contribution in [-0.2, 0) is 4.79 Å². The molecule has 28 heavy (non-hydrogen) atoms. The highest BCUT2D eigenvalue weighted by Gasteiger charge is 2.28. The van der Waals surface area contributed by atoms with Crippen LogP contribution < -0.4 is 20.7 Å². The lowest BCUT2D eigenvalue weighted by Crippen LogP contribution is -2.39. The van der Waals surface area contributed by atoms with Gasteiger partial charge in [0.2, 0.25) is 5.91 Å². The molecule has 0 saturated carbocycles. The van der Waals surface area contributed by atoms with Crippen molar-refractivity contribution < 1.29 is 18.7 Å². The van der Waals surface area contributed by atoms with Gasteiger partial charge in [-0.25, -0.2) is 9.18 Å². The molecule has 3 N–H and O–H groups in total. The minimum Gasteiger partial charge on any atom is -0.494 e. The zero-order valence-corrected chi connectivity index (χ0v) is 16.7. The summed E-state index contributed by atoms with van der Waals surface area (Å²) >= 11 is 0. The number of anilines is 2. The molecule has 0 saturated heterocycles. The highest BCUT2D eigenvalue weighted by molar-refractivity contribution is 5.93. The van der Waals surface area contributed by atoms with E-state index in [-0.39, 0.29) is 23.2 Å². The van der Waals surface area contributed by atoms with E-state index < -0.39 is 6.03 Å². The van der Waals surface area contributed by atoms with E-state index in [0.717, 1.165) is 5.56 Å². The normalized spacial score (nSPS) is 12.1. The minimum atomic E-state index is -0.404. The molecule has 0 spiro atoms. The van der Waals surface area contributed by atoms with Crippen LogP contribution in [0.4, 0.5) is 20.6 Å². The molecule has 150 valence electrons. The van der Waals surface area contributed by atoms with Crippen LogP contribution in [0.25, 0.3) is 0 Å². The molecule has 6 nitrogen and oxygen atoms in total. The Morgan fingerprint density at radius 2 is 1.68 bits per heavy atom. The Kier molecular flexibility index (Phi) is 6.62. The first-order valence-corrected chi connectivity index (χ1v) is 8.89. The van der Waals surface area contributed by atoms with Crippen molar-refractivity contribution in [1.29, 1.82) is 0 Å². The van der Waals surface area contributed by atoms with Crippen molar-refractivity contribution in [3.8, 4) is 5.75 Å². The van der Waals surface area contributed by atoms with Crippen molar-refractivity contribution >= 4 is 23.3 Å². The second-order valence-electron chi connectivity index (χ2n) is 7.55. The van der Waals surface area contributed by atoms with Crippen LogP contribution in [-0.4, -0.2) is 19.0 Å².